The number of carboxylic acids is 1. The third-order valence-corrected chi connectivity index (χ3v) is 3.39. The predicted molar refractivity (Wildman–Crippen MR) is 76.2 cm³/mol. The van der Waals surface area contributed by atoms with Gasteiger partial charge in [0, 0.05) is 17.8 Å². The Balaban J connectivity index is 2.29. The van der Waals surface area contributed by atoms with E-state index in [4.69, 9.17) is 0 Å². The summed E-state index contributed by atoms with van der Waals surface area (Å²) in [6.45, 7) is 3.26. The molecule has 0 saturated carbocycles. The summed E-state index contributed by atoms with van der Waals surface area (Å²) in [6.07, 6.45) is 2.10. The lowest BCUT2D eigenvalue weighted by atomic mass is 10.1. The van der Waals surface area contributed by atoms with Gasteiger partial charge in [-0.25, -0.2) is 9.18 Å². The Morgan fingerprint density at radius 2 is 1.90 bits per heavy atom. The van der Waals surface area contributed by atoms with Crippen LogP contribution in [0.4, 0.5) is 4.39 Å². The molecule has 0 bridgehead atoms. The quantitative estimate of drug-likeness (QED) is 0.859. The summed E-state index contributed by atoms with van der Waals surface area (Å²) in [5.74, 6) is -1.56. The van der Waals surface area contributed by atoms with Crippen LogP contribution >= 0.6 is 0 Å². The summed E-state index contributed by atoms with van der Waals surface area (Å²) in [4.78, 5) is 22.7. The van der Waals surface area contributed by atoms with Crippen LogP contribution in [0.3, 0.4) is 0 Å². The second kappa shape index (κ2) is 5.91. The first-order valence-electron chi connectivity index (χ1n) is 6.59. The molecule has 5 heteroatoms. The normalized spacial score (nSPS) is 12.1. The highest BCUT2D eigenvalue weighted by atomic mass is 19.1. The number of hydrogen-bond donors (Lipinski definition) is 1. The summed E-state index contributed by atoms with van der Waals surface area (Å²) in [5.41, 5.74) is 1.35. The molecule has 0 amide bonds. The molecule has 110 valence electrons. The van der Waals surface area contributed by atoms with Crippen molar-refractivity contribution >= 4 is 11.8 Å². The minimum Gasteiger partial charge on any atom is -0.477 e. The topological polar surface area (TPSA) is 59.3 Å². The second-order valence-corrected chi connectivity index (χ2v) is 5.06. The number of rotatable bonds is 5. The molecule has 1 atom stereocenters. The van der Waals surface area contributed by atoms with Crippen LogP contribution in [0.15, 0.2) is 36.5 Å². The minimum atomic E-state index is -1.08. The fourth-order valence-electron chi connectivity index (χ4n) is 2.27. The van der Waals surface area contributed by atoms with Crippen molar-refractivity contribution in [2.75, 3.05) is 0 Å². The summed E-state index contributed by atoms with van der Waals surface area (Å²) < 4.78 is 14.5. The number of benzene rings is 1. The number of carboxylic acid groups (broad SMARTS) is 1. The average molecular weight is 289 g/mol. The Kier molecular flexibility index (Phi) is 4.21. The maximum atomic E-state index is 12.9. The van der Waals surface area contributed by atoms with Crippen LogP contribution in [-0.2, 0) is 6.42 Å². The van der Waals surface area contributed by atoms with Crippen molar-refractivity contribution in [3.63, 3.8) is 0 Å². The molecule has 1 aromatic carbocycles. The molecule has 1 heterocycles. The highest BCUT2D eigenvalue weighted by Crippen LogP contribution is 2.20. The molecule has 0 fully saturated rings. The molecule has 0 spiro atoms. The van der Waals surface area contributed by atoms with Crippen LogP contribution in [0.25, 0.3) is 0 Å². The molecular formula is C16H16FNO3. The predicted octanol–water partition coefficient (Wildman–Crippen LogP) is 3.33. The Hall–Kier alpha value is -2.43. The number of aromatic nitrogens is 1. The molecule has 2 rings (SSSR count). The zero-order chi connectivity index (χ0) is 15.6. The fourth-order valence-corrected chi connectivity index (χ4v) is 2.27. The van der Waals surface area contributed by atoms with Crippen molar-refractivity contribution in [1.82, 2.24) is 4.57 Å². The van der Waals surface area contributed by atoms with E-state index >= 15 is 0 Å². The molecule has 0 saturated heterocycles. The number of halogens is 1. The summed E-state index contributed by atoms with van der Waals surface area (Å²) in [6, 6.07) is 7.30. The molecule has 21 heavy (non-hydrogen) atoms. The highest BCUT2D eigenvalue weighted by Gasteiger charge is 2.18. The number of ketones is 1. The first-order chi connectivity index (χ1) is 9.88. The Morgan fingerprint density at radius 1 is 1.29 bits per heavy atom. The van der Waals surface area contributed by atoms with Crippen LogP contribution in [-0.4, -0.2) is 21.4 Å². The van der Waals surface area contributed by atoms with Crippen molar-refractivity contribution < 1.29 is 19.1 Å². The molecule has 1 aromatic heterocycles. The lowest BCUT2D eigenvalue weighted by Gasteiger charge is -2.16. The van der Waals surface area contributed by atoms with Gasteiger partial charge in [-0.3, -0.25) is 4.79 Å². The van der Waals surface area contributed by atoms with Gasteiger partial charge in [-0.05, 0) is 44.0 Å². The van der Waals surface area contributed by atoms with Gasteiger partial charge in [0.15, 0.2) is 5.78 Å². The van der Waals surface area contributed by atoms with Gasteiger partial charge in [-0.15, -0.1) is 0 Å². The molecule has 0 aliphatic carbocycles. The lowest BCUT2D eigenvalue weighted by Crippen LogP contribution is -2.13. The summed E-state index contributed by atoms with van der Waals surface area (Å²) in [7, 11) is 0. The lowest BCUT2D eigenvalue weighted by molar-refractivity contribution is 0.0683. The highest BCUT2D eigenvalue weighted by molar-refractivity contribution is 5.97. The van der Waals surface area contributed by atoms with E-state index in [-0.39, 0.29) is 23.3 Å². The van der Waals surface area contributed by atoms with E-state index in [0.717, 1.165) is 5.56 Å². The molecule has 0 aliphatic heterocycles. The standard InChI is InChI=1S/C16H16FNO3/c1-10(7-12-3-5-14(17)6-4-12)18-9-13(11(2)19)8-15(18)16(20)21/h3-6,8-10H,7H2,1-2H3,(H,20,21). The summed E-state index contributed by atoms with van der Waals surface area (Å²) >= 11 is 0. The van der Waals surface area contributed by atoms with Gasteiger partial charge in [0.05, 0.1) is 0 Å². The molecule has 2 aromatic rings. The van der Waals surface area contributed by atoms with Gasteiger partial charge in [0.25, 0.3) is 0 Å². The smallest absolute Gasteiger partial charge is 0.352 e. The SMILES string of the molecule is CC(=O)c1cc(C(=O)O)n(C(C)Cc2ccc(F)cc2)c1. The second-order valence-electron chi connectivity index (χ2n) is 5.06. The van der Waals surface area contributed by atoms with E-state index in [2.05, 4.69) is 0 Å². The van der Waals surface area contributed by atoms with Crippen LogP contribution in [0, 0.1) is 5.82 Å². The monoisotopic (exact) mass is 289 g/mol. The van der Waals surface area contributed by atoms with Crippen molar-refractivity contribution in [1.29, 1.82) is 0 Å². The molecule has 1 N–H and O–H groups in total. The van der Waals surface area contributed by atoms with Gasteiger partial charge in [-0.2, -0.15) is 0 Å². The number of carbonyl (C=O) groups excluding carboxylic acids is 1. The third-order valence-electron chi connectivity index (χ3n) is 3.39. The van der Waals surface area contributed by atoms with E-state index < -0.39 is 5.97 Å². The van der Waals surface area contributed by atoms with E-state index in [0.29, 0.717) is 12.0 Å². The number of Topliss-reactive ketones (excluding diaryl/α,β-unsaturated/α-hetero) is 1. The van der Waals surface area contributed by atoms with Crippen LogP contribution in [0.2, 0.25) is 0 Å². The van der Waals surface area contributed by atoms with E-state index in [1.165, 1.54) is 25.1 Å². The first-order valence-corrected chi connectivity index (χ1v) is 6.59. The largest absolute Gasteiger partial charge is 0.477 e. The van der Waals surface area contributed by atoms with Crippen LogP contribution in [0.1, 0.15) is 46.3 Å². The molecular weight excluding hydrogens is 273 g/mol. The Morgan fingerprint density at radius 3 is 2.43 bits per heavy atom. The number of carbonyl (C=O) groups is 2. The Bertz CT molecular complexity index is 673. The van der Waals surface area contributed by atoms with Crippen molar-refractivity contribution in [2.24, 2.45) is 0 Å². The van der Waals surface area contributed by atoms with Gasteiger partial charge >= 0.3 is 5.97 Å². The Labute approximate surface area is 121 Å². The maximum Gasteiger partial charge on any atom is 0.352 e. The number of hydrogen-bond acceptors (Lipinski definition) is 2. The molecule has 0 aliphatic rings. The number of aromatic carboxylic acids is 1. The van der Waals surface area contributed by atoms with Crippen LogP contribution in [0.5, 0.6) is 0 Å². The van der Waals surface area contributed by atoms with E-state index in [1.807, 2.05) is 6.92 Å². The maximum absolute atomic E-state index is 12.9. The average Bonchev–Trinajstić information content (AvgIpc) is 2.87. The van der Waals surface area contributed by atoms with Gasteiger partial charge in [0.2, 0.25) is 0 Å². The molecule has 1 unspecified atom stereocenters. The van der Waals surface area contributed by atoms with Crippen molar-refractivity contribution in [3.05, 3.63) is 59.2 Å². The summed E-state index contributed by atoms with van der Waals surface area (Å²) in [5, 5.41) is 9.23. The molecule has 0 radical (unpaired) electrons. The van der Waals surface area contributed by atoms with Gasteiger partial charge in [0.1, 0.15) is 11.5 Å². The van der Waals surface area contributed by atoms with Gasteiger partial charge in [-0.1, -0.05) is 12.1 Å². The van der Waals surface area contributed by atoms with Crippen LogP contribution < -0.4 is 0 Å². The van der Waals surface area contributed by atoms with E-state index in [1.54, 1.807) is 22.9 Å². The first kappa shape index (κ1) is 15.0. The minimum absolute atomic E-state index is 0.0785. The molecule has 4 nitrogen and oxygen atoms in total. The number of nitrogens with zero attached hydrogens (tertiary/aromatic N) is 1. The van der Waals surface area contributed by atoms with Gasteiger partial charge < -0.3 is 9.67 Å². The van der Waals surface area contributed by atoms with Crippen molar-refractivity contribution in [2.45, 2.75) is 26.3 Å². The van der Waals surface area contributed by atoms with Crippen molar-refractivity contribution in [3.8, 4) is 0 Å². The zero-order valence-corrected chi connectivity index (χ0v) is 11.8. The third kappa shape index (κ3) is 3.37. The zero-order valence-electron chi connectivity index (χ0n) is 11.8. The fraction of sp³-hybridized carbons (Fsp3) is 0.250. The van der Waals surface area contributed by atoms with E-state index in [9.17, 15) is 19.1 Å².